The lowest BCUT2D eigenvalue weighted by Gasteiger charge is -2.10. The van der Waals surface area contributed by atoms with Crippen molar-refractivity contribution in [3.8, 4) is 17.0 Å². The Morgan fingerprint density at radius 2 is 2.06 bits per heavy atom. The Balaban J connectivity index is 2.70. The Morgan fingerprint density at radius 3 is 2.67 bits per heavy atom. The highest BCUT2D eigenvalue weighted by molar-refractivity contribution is 5.76. The first-order valence-electron chi connectivity index (χ1n) is 5.10. The van der Waals surface area contributed by atoms with E-state index in [9.17, 15) is 9.30 Å². The summed E-state index contributed by atoms with van der Waals surface area (Å²) in [5, 5.41) is 2.75. The number of anilines is 1. The number of rotatable bonds is 3. The molecule has 2 N–H and O–H groups in total. The van der Waals surface area contributed by atoms with Gasteiger partial charge in [0.1, 0.15) is 5.82 Å². The van der Waals surface area contributed by atoms with Gasteiger partial charge in [0, 0.05) is 11.1 Å². The maximum Gasteiger partial charge on any atom is 0.223 e. The van der Waals surface area contributed by atoms with Crippen LogP contribution in [0.25, 0.3) is 11.1 Å². The van der Waals surface area contributed by atoms with Crippen LogP contribution in [0, 0.1) is 10.7 Å². The summed E-state index contributed by atoms with van der Waals surface area (Å²) in [6.45, 7) is 0. The van der Waals surface area contributed by atoms with Crippen LogP contribution >= 0.6 is 0 Å². The van der Waals surface area contributed by atoms with Gasteiger partial charge in [0.2, 0.25) is 5.88 Å². The largest absolute Gasteiger partial charge is 0.480 e. The van der Waals surface area contributed by atoms with Crippen LogP contribution < -0.4 is 10.5 Å². The molecule has 0 saturated heterocycles. The smallest absolute Gasteiger partial charge is 0.223 e. The number of pyridine rings is 1. The van der Waals surface area contributed by atoms with Gasteiger partial charge in [-0.05, 0) is 17.3 Å². The van der Waals surface area contributed by atoms with E-state index in [2.05, 4.69) is 10.2 Å². The highest BCUT2D eigenvalue weighted by atomic mass is 19.1. The molecular formula is C12H10FN3O2. The number of nitrogen functional groups attached to an aromatic ring is 1. The van der Waals surface area contributed by atoms with Gasteiger partial charge in [0.15, 0.2) is 11.5 Å². The van der Waals surface area contributed by atoms with E-state index in [4.69, 9.17) is 10.5 Å². The second kappa shape index (κ2) is 4.79. The minimum Gasteiger partial charge on any atom is -0.480 e. The topological polar surface area (TPSA) is 77.6 Å². The Bertz CT molecular complexity index is 602. The Hall–Kier alpha value is -2.50. The van der Waals surface area contributed by atoms with E-state index < -0.39 is 5.82 Å². The average molecular weight is 247 g/mol. The summed E-state index contributed by atoms with van der Waals surface area (Å²) in [6, 6.07) is 7.45. The average Bonchev–Trinajstić information content (AvgIpc) is 2.39. The Labute approximate surface area is 102 Å². The molecule has 1 aromatic heterocycles. The lowest BCUT2D eigenvalue weighted by atomic mass is 10.1. The number of nitroso groups, excluding NO2 is 1. The molecule has 0 spiro atoms. The predicted octanol–water partition coefficient (Wildman–Crippen LogP) is 2.88. The molecule has 0 saturated carbocycles. The molecule has 0 aliphatic heterocycles. The summed E-state index contributed by atoms with van der Waals surface area (Å²) in [7, 11) is 1.39. The molecule has 2 aromatic rings. The molecule has 92 valence electrons. The molecule has 0 fully saturated rings. The second-order valence-electron chi connectivity index (χ2n) is 3.52. The van der Waals surface area contributed by atoms with Crippen LogP contribution in [0.3, 0.4) is 0 Å². The first-order chi connectivity index (χ1) is 8.67. The lowest BCUT2D eigenvalue weighted by molar-refractivity contribution is 0.400. The zero-order chi connectivity index (χ0) is 13.1. The molecule has 1 heterocycles. The van der Waals surface area contributed by atoms with Gasteiger partial charge in [-0.15, -0.1) is 4.91 Å². The van der Waals surface area contributed by atoms with E-state index in [1.807, 2.05) is 0 Å². The van der Waals surface area contributed by atoms with Gasteiger partial charge in [0.25, 0.3) is 0 Å². The highest BCUT2D eigenvalue weighted by Gasteiger charge is 2.15. The van der Waals surface area contributed by atoms with Crippen LogP contribution in [0.2, 0.25) is 0 Å². The van der Waals surface area contributed by atoms with Gasteiger partial charge in [-0.25, -0.2) is 4.39 Å². The molecule has 0 atom stereocenters. The van der Waals surface area contributed by atoms with Crippen LogP contribution in [-0.4, -0.2) is 12.1 Å². The van der Waals surface area contributed by atoms with Crippen molar-refractivity contribution in [1.82, 2.24) is 4.98 Å². The molecule has 18 heavy (non-hydrogen) atoms. The summed E-state index contributed by atoms with van der Waals surface area (Å²) in [5.74, 6) is -0.355. The third-order valence-corrected chi connectivity index (χ3v) is 2.45. The normalized spacial score (nSPS) is 10.1. The standard InChI is InChI=1S/C12H10FN3O2/c1-18-12-8(6-10(16-17)11(14)15-12)7-4-2-3-5-9(7)13/h2-6H,1H3,(H2,14,15). The Kier molecular flexibility index (Phi) is 3.18. The molecule has 2 rings (SSSR count). The van der Waals surface area contributed by atoms with E-state index in [0.29, 0.717) is 5.56 Å². The summed E-state index contributed by atoms with van der Waals surface area (Å²) in [6.07, 6.45) is 0. The van der Waals surface area contributed by atoms with Gasteiger partial charge in [-0.1, -0.05) is 18.2 Å². The van der Waals surface area contributed by atoms with Crippen LogP contribution in [-0.2, 0) is 0 Å². The fourth-order valence-electron chi connectivity index (χ4n) is 1.60. The van der Waals surface area contributed by atoms with Crippen LogP contribution in [0.4, 0.5) is 15.9 Å². The molecule has 0 radical (unpaired) electrons. The SMILES string of the molecule is COc1nc(N)c(N=O)cc1-c1ccccc1F. The molecule has 0 aliphatic carbocycles. The van der Waals surface area contributed by atoms with Crippen LogP contribution in [0.5, 0.6) is 5.88 Å². The van der Waals surface area contributed by atoms with Gasteiger partial charge >= 0.3 is 0 Å². The monoisotopic (exact) mass is 247 g/mol. The fraction of sp³-hybridized carbons (Fsp3) is 0.0833. The molecule has 0 amide bonds. The zero-order valence-electron chi connectivity index (χ0n) is 9.55. The molecule has 5 nitrogen and oxygen atoms in total. The number of benzene rings is 1. The van der Waals surface area contributed by atoms with Crippen molar-refractivity contribution in [2.45, 2.75) is 0 Å². The van der Waals surface area contributed by atoms with E-state index in [1.54, 1.807) is 18.2 Å². The fourth-order valence-corrected chi connectivity index (χ4v) is 1.60. The van der Waals surface area contributed by atoms with Gasteiger partial charge < -0.3 is 10.5 Å². The molecule has 6 heteroatoms. The number of ether oxygens (including phenoxy) is 1. The first kappa shape index (κ1) is 12.0. The molecule has 1 aromatic carbocycles. The number of hydrogen-bond acceptors (Lipinski definition) is 5. The first-order valence-corrected chi connectivity index (χ1v) is 5.10. The summed E-state index contributed by atoms with van der Waals surface area (Å²) >= 11 is 0. The second-order valence-corrected chi connectivity index (χ2v) is 3.52. The van der Waals surface area contributed by atoms with Crippen molar-refractivity contribution in [3.63, 3.8) is 0 Å². The van der Waals surface area contributed by atoms with Crippen LogP contribution in [0.15, 0.2) is 35.5 Å². The Morgan fingerprint density at radius 1 is 1.33 bits per heavy atom. The minimum atomic E-state index is -0.445. The van der Waals surface area contributed by atoms with Crippen molar-refractivity contribution in [1.29, 1.82) is 0 Å². The van der Waals surface area contributed by atoms with E-state index >= 15 is 0 Å². The lowest BCUT2D eigenvalue weighted by Crippen LogP contribution is -1.98. The number of methoxy groups -OCH3 is 1. The van der Waals surface area contributed by atoms with Crippen LogP contribution in [0.1, 0.15) is 0 Å². The summed E-state index contributed by atoms with van der Waals surface area (Å²) < 4.78 is 18.7. The maximum atomic E-state index is 13.7. The summed E-state index contributed by atoms with van der Waals surface area (Å²) in [5.41, 5.74) is 6.07. The predicted molar refractivity (Wildman–Crippen MR) is 66.1 cm³/mol. The maximum absolute atomic E-state index is 13.7. The number of nitrogens with zero attached hydrogens (tertiary/aromatic N) is 2. The molecule has 0 unspecified atom stereocenters. The molecule has 0 aliphatic rings. The molecule has 0 bridgehead atoms. The van der Waals surface area contributed by atoms with Crippen molar-refractivity contribution in [3.05, 3.63) is 41.1 Å². The quantitative estimate of drug-likeness (QED) is 0.846. The number of aromatic nitrogens is 1. The number of nitrogens with two attached hydrogens (primary N) is 1. The zero-order valence-corrected chi connectivity index (χ0v) is 9.55. The third kappa shape index (κ3) is 2.00. The highest BCUT2D eigenvalue weighted by Crippen LogP contribution is 2.35. The minimum absolute atomic E-state index is 0.0472. The van der Waals surface area contributed by atoms with Gasteiger partial charge in [0.05, 0.1) is 7.11 Å². The van der Waals surface area contributed by atoms with Gasteiger partial charge in [-0.2, -0.15) is 4.98 Å². The summed E-state index contributed by atoms with van der Waals surface area (Å²) in [4.78, 5) is 14.5. The molecular weight excluding hydrogens is 237 g/mol. The number of hydrogen-bond donors (Lipinski definition) is 1. The van der Waals surface area contributed by atoms with Crippen molar-refractivity contribution >= 4 is 11.5 Å². The van der Waals surface area contributed by atoms with E-state index in [-0.39, 0.29) is 22.9 Å². The van der Waals surface area contributed by atoms with Crippen molar-refractivity contribution in [2.24, 2.45) is 5.18 Å². The van der Waals surface area contributed by atoms with Crippen molar-refractivity contribution < 1.29 is 9.13 Å². The van der Waals surface area contributed by atoms with E-state index in [1.165, 1.54) is 19.2 Å². The van der Waals surface area contributed by atoms with Gasteiger partial charge in [-0.3, -0.25) is 0 Å². The van der Waals surface area contributed by atoms with E-state index in [0.717, 1.165) is 0 Å². The van der Waals surface area contributed by atoms with Crippen molar-refractivity contribution in [2.75, 3.05) is 12.8 Å². The third-order valence-electron chi connectivity index (χ3n) is 2.45. The number of halogens is 1.